The Bertz CT molecular complexity index is 1320. The van der Waals surface area contributed by atoms with Crippen LogP contribution in [0.5, 0.6) is 0 Å². The number of ether oxygens (including phenoxy) is 1. The van der Waals surface area contributed by atoms with Crippen LogP contribution in [0.15, 0.2) is 36.8 Å². The molecule has 0 bridgehead atoms. The summed E-state index contributed by atoms with van der Waals surface area (Å²) in [6, 6.07) is 4.63. The first kappa shape index (κ1) is 27.7. The molecular weight excluding hydrogens is 495 g/mol. The zero-order valence-electron chi connectivity index (χ0n) is 23.6. The summed E-state index contributed by atoms with van der Waals surface area (Å²) < 4.78 is 21.9. The molecule has 2 atom stereocenters. The minimum Gasteiger partial charge on any atom is -0.395 e. The van der Waals surface area contributed by atoms with Gasteiger partial charge in [-0.3, -0.25) is 14.7 Å². The van der Waals surface area contributed by atoms with E-state index < -0.39 is 5.82 Å². The molecule has 0 radical (unpaired) electrons. The van der Waals surface area contributed by atoms with E-state index in [1.807, 2.05) is 30.8 Å². The van der Waals surface area contributed by atoms with Gasteiger partial charge in [-0.2, -0.15) is 0 Å². The van der Waals surface area contributed by atoms with Crippen LogP contribution in [0.1, 0.15) is 54.6 Å². The summed E-state index contributed by atoms with van der Waals surface area (Å²) in [5.41, 5.74) is 4.21. The van der Waals surface area contributed by atoms with Crippen LogP contribution in [0.3, 0.4) is 0 Å². The molecule has 2 saturated heterocycles. The summed E-state index contributed by atoms with van der Waals surface area (Å²) >= 11 is 0. The van der Waals surface area contributed by atoms with Crippen molar-refractivity contribution in [3.63, 3.8) is 0 Å². The van der Waals surface area contributed by atoms with Crippen LogP contribution in [0.2, 0.25) is 0 Å². The lowest BCUT2D eigenvalue weighted by Crippen LogP contribution is -2.44. The number of halogens is 1. The Balaban J connectivity index is 1.46. The zero-order valence-corrected chi connectivity index (χ0v) is 23.6. The monoisotopic (exact) mass is 536 g/mol. The molecule has 3 aromatic rings. The second kappa shape index (κ2) is 11.7. The van der Waals surface area contributed by atoms with Gasteiger partial charge < -0.3 is 19.3 Å². The molecule has 39 heavy (non-hydrogen) atoms. The molecule has 210 valence electrons. The van der Waals surface area contributed by atoms with Gasteiger partial charge in [-0.25, -0.2) is 4.39 Å². The molecular formula is C31H41FN4O3. The average molecular weight is 537 g/mol. The lowest BCUT2D eigenvalue weighted by Gasteiger charge is -2.35. The summed E-state index contributed by atoms with van der Waals surface area (Å²) in [4.78, 5) is 22.0. The number of benzene rings is 1. The van der Waals surface area contributed by atoms with Gasteiger partial charge in [0.15, 0.2) is 0 Å². The number of likely N-dealkylation sites (tertiary alicyclic amines) is 1. The minimum atomic E-state index is -0.431. The number of rotatable bonds is 8. The largest absolute Gasteiger partial charge is 0.395 e. The molecule has 1 aromatic carbocycles. The van der Waals surface area contributed by atoms with Gasteiger partial charge in [0.1, 0.15) is 5.82 Å². The van der Waals surface area contributed by atoms with E-state index in [-0.39, 0.29) is 24.6 Å². The predicted molar refractivity (Wildman–Crippen MR) is 151 cm³/mol. The zero-order chi connectivity index (χ0) is 27.7. The number of hydrogen-bond acceptors (Lipinski definition) is 5. The molecule has 2 fully saturated rings. The van der Waals surface area contributed by atoms with E-state index in [4.69, 9.17) is 4.74 Å². The van der Waals surface area contributed by atoms with Crippen molar-refractivity contribution in [1.29, 1.82) is 0 Å². The van der Waals surface area contributed by atoms with E-state index in [9.17, 15) is 14.3 Å². The molecule has 1 N–H and O–H groups in total. The normalized spacial score (nSPS) is 19.7. The van der Waals surface area contributed by atoms with Crippen LogP contribution in [-0.2, 0) is 11.2 Å². The highest BCUT2D eigenvalue weighted by molar-refractivity contribution is 5.99. The standard InChI is InChI=1S/C31H41FN4O3/c1-20(2)34(4)31(38)26-14-25(32)5-6-27(26)36-18-24(30-21(3)15-33-16-28(30)36)13-22-7-10-35(17-22)29(19-37)23-8-11-39-12-9-23/h5-6,14-16,18,20,22-23,29,37H,7-13,17,19H2,1-4H3/t22-,29+/m0/s1. The Morgan fingerprint density at radius 3 is 2.72 bits per heavy atom. The molecule has 1 amide bonds. The molecule has 7 nitrogen and oxygen atoms in total. The summed E-state index contributed by atoms with van der Waals surface area (Å²) in [6.45, 7) is 9.67. The maximum absolute atomic E-state index is 14.4. The summed E-state index contributed by atoms with van der Waals surface area (Å²) in [7, 11) is 1.75. The van der Waals surface area contributed by atoms with Gasteiger partial charge in [0, 0.05) is 56.7 Å². The van der Waals surface area contributed by atoms with Gasteiger partial charge in [-0.05, 0) is 94.2 Å². The molecule has 4 heterocycles. The highest BCUT2D eigenvalue weighted by atomic mass is 19.1. The van der Waals surface area contributed by atoms with Gasteiger partial charge in [-0.15, -0.1) is 0 Å². The number of fused-ring (bicyclic) bond motifs is 1. The first-order valence-electron chi connectivity index (χ1n) is 14.2. The number of pyridine rings is 1. The van der Waals surface area contributed by atoms with Crippen LogP contribution < -0.4 is 0 Å². The van der Waals surface area contributed by atoms with Crippen molar-refractivity contribution in [3.8, 4) is 5.69 Å². The average Bonchev–Trinajstić information content (AvgIpc) is 3.54. The lowest BCUT2D eigenvalue weighted by molar-refractivity contribution is 0.0126. The van der Waals surface area contributed by atoms with Crippen molar-refractivity contribution in [2.24, 2.45) is 11.8 Å². The van der Waals surface area contributed by atoms with Gasteiger partial charge in [0.2, 0.25) is 0 Å². The fraction of sp³-hybridized carbons (Fsp3) is 0.548. The number of aromatic nitrogens is 2. The summed E-state index contributed by atoms with van der Waals surface area (Å²) in [5, 5.41) is 11.4. The number of carbonyl (C=O) groups is 1. The van der Waals surface area contributed by atoms with Crippen LogP contribution in [-0.4, -0.2) is 82.4 Å². The highest BCUT2D eigenvalue weighted by Crippen LogP contribution is 2.34. The Hall–Kier alpha value is -2.81. The molecule has 0 saturated carbocycles. The maximum Gasteiger partial charge on any atom is 0.256 e. The van der Waals surface area contributed by atoms with Crippen molar-refractivity contribution in [1.82, 2.24) is 19.4 Å². The smallest absolute Gasteiger partial charge is 0.256 e. The van der Waals surface area contributed by atoms with Crippen LogP contribution in [0, 0.1) is 24.6 Å². The van der Waals surface area contributed by atoms with Gasteiger partial charge in [-0.1, -0.05) is 0 Å². The molecule has 2 aliphatic rings. The quantitative estimate of drug-likeness (QED) is 0.456. The van der Waals surface area contributed by atoms with Crippen LogP contribution in [0.4, 0.5) is 4.39 Å². The van der Waals surface area contributed by atoms with Gasteiger partial charge >= 0.3 is 0 Å². The van der Waals surface area contributed by atoms with Gasteiger partial charge in [0.05, 0.1) is 29.6 Å². The van der Waals surface area contributed by atoms with E-state index >= 15 is 0 Å². The van der Waals surface area contributed by atoms with Gasteiger partial charge in [0.25, 0.3) is 5.91 Å². The molecule has 5 rings (SSSR count). The Morgan fingerprint density at radius 1 is 1.23 bits per heavy atom. The Kier molecular flexibility index (Phi) is 8.35. The number of carbonyl (C=O) groups excluding carboxylic acids is 1. The molecule has 8 heteroatoms. The van der Waals surface area contributed by atoms with Crippen molar-refractivity contribution < 1.29 is 19.0 Å². The predicted octanol–water partition coefficient (Wildman–Crippen LogP) is 4.61. The third kappa shape index (κ3) is 5.60. The number of amides is 1. The molecule has 0 unspecified atom stereocenters. The Labute approximate surface area is 230 Å². The van der Waals surface area contributed by atoms with Crippen molar-refractivity contribution >= 4 is 16.8 Å². The number of aliphatic hydroxyl groups is 1. The van der Waals surface area contributed by atoms with Crippen molar-refractivity contribution in [2.75, 3.05) is 40.0 Å². The molecule has 2 aliphatic heterocycles. The van der Waals surface area contributed by atoms with E-state index in [0.29, 0.717) is 23.1 Å². The SMILES string of the molecule is Cc1cncc2c1c(C[C@@H]1CCN([C@H](CO)C3CCOCC3)C1)cn2-c1ccc(F)cc1C(=O)N(C)C(C)C. The number of nitrogens with zero attached hydrogens (tertiary/aromatic N) is 4. The molecule has 2 aromatic heterocycles. The topological polar surface area (TPSA) is 70.8 Å². The first-order chi connectivity index (χ1) is 18.8. The fourth-order valence-electron chi connectivity index (χ4n) is 6.41. The number of aliphatic hydroxyl groups excluding tert-OH is 1. The lowest BCUT2D eigenvalue weighted by atomic mass is 9.91. The van der Waals surface area contributed by atoms with E-state index in [1.165, 1.54) is 17.7 Å². The summed E-state index contributed by atoms with van der Waals surface area (Å²) in [5.74, 6) is 0.306. The van der Waals surface area contributed by atoms with E-state index in [2.05, 4.69) is 23.0 Å². The van der Waals surface area contributed by atoms with Crippen LogP contribution in [0.25, 0.3) is 16.6 Å². The van der Waals surface area contributed by atoms with E-state index in [0.717, 1.165) is 68.5 Å². The Morgan fingerprint density at radius 2 is 2.00 bits per heavy atom. The highest BCUT2D eigenvalue weighted by Gasteiger charge is 2.34. The number of aryl methyl sites for hydroxylation is 1. The molecule has 0 spiro atoms. The minimum absolute atomic E-state index is 0.0105. The van der Waals surface area contributed by atoms with Crippen molar-refractivity contribution in [3.05, 3.63) is 59.3 Å². The fourth-order valence-corrected chi connectivity index (χ4v) is 6.41. The second-order valence-electron chi connectivity index (χ2n) is 11.6. The van der Waals surface area contributed by atoms with E-state index in [1.54, 1.807) is 18.0 Å². The second-order valence-corrected chi connectivity index (χ2v) is 11.6. The molecule has 0 aliphatic carbocycles. The summed E-state index contributed by atoms with van der Waals surface area (Å²) in [6.07, 6.45) is 9.83. The third-order valence-corrected chi connectivity index (χ3v) is 8.82. The first-order valence-corrected chi connectivity index (χ1v) is 14.2. The van der Waals surface area contributed by atoms with Crippen molar-refractivity contribution in [2.45, 2.75) is 58.5 Å². The van der Waals surface area contributed by atoms with Crippen LogP contribution >= 0.6 is 0 Å². The third-order valence-electron chi connectivity index (χ3n) is 8.82. The maximum atomic E-state index is 14.4. The number of hydrogen-bond donors (Lipinski definition) is 1.